The summed E-state index contributed by atoms with van der Waals surface area (Å²) in [7, 11) is -4.76. The number of aliphatic hydroxyl groups is 1. The predicted molar refractivity (Wildman–Crippen MR) is 325 cm³/mol. The fraction of sp³-hybridized carbons (Fsp3) is 0.773. The molecule has 0 aliphatic heterocycles. The highest BCUT2D eigenvalue weighted by molar-refractivity contribution is 7.47. The first-order valence-electron chi connectivity index (χ1n) is 31.8. The Morgan fingerprint density at radius 1 is 0.372 bits per heavy atom. The van der Waals surface area contributed by atoms with Gasteiger partial charge in [0.1, 0.15) is 12.7 Å². The third-order valence-corrected chi connectivity index (χ3v) is 14.6. The number of carbonyl (C=O) groups excluding carboxylic acids is 3. The van der Waals surface area contributed by atoms with Gasteiger partial charge in [0.25, 0.3) is 0 Å². The van der Waals surface area contributed by atoms with Gasteiger partial charge in [-0.15, -0.1) is 0 Å². The van der Waals surface area contributed by atoms with Crippen molar-refractivity contribution >= 4 is 25.7 Å². The number of phosphoric acid groups is 1. The van der Waals surface area contributed by atoms with Gasteiger partial charge >= 0.3 is 25.7 Å². The molecule has 11 nitrogen and oxygen atoms in total. The minimum atomic E-state index is -4.76. The largest absolute Gasteiger partial charge is 0.472 e. The summed E-state index contributed by atoms with van der Waals surface area (Å²) in [6, 6.07) is 0. The average Bonchev–Trinajstić information content (AvgIpc) is 3.43. The fourth-order valence-corrected chi connectivity index (χ4v) is 9.57. The van der Waals surface area contributed by atoms with E-state index < -0.39 is 57.8 Å². The maximum Gasteiger partial charge on any atom is 0.472 e. The second-order valence-electron chi connectivity index (χ2n) is 21.2. The molecule has 3 atom stereocenters. The number of carbonyl (C=O) groups is 3. The highest BCUT2D eigenvalue weighted by Gasteiger charge is 2.28. The quantitative estimate of drug-likeness (QED) is 0.0197. The van der Waals surface area contributed by atoms with Gasteiger partial charge in [-0.1, -0.05) is 254 Å². The van der Waals surface area contributed by atoms with E-state index in [1.807, 2.05) is 0 Å². The van der Waals surface area contributed by atoms with Crippen LogP contribution in [0.4, 0.5) is 0 Å². The summed E-state index contributed by atoms with van der Waals surface area (Å²) in [6.45, 7) is 4.53. The molecule has 0 saturated carbocycles. The second-order valence-corrected chi connectivity index (χ2v) is 22.7. The average molecular weight is 1120 g/mol. The topological polar surface area (TPSA) is 155 Å². The Bertz CT molecular complexity index is 1590. The summed E-state index contributed by atoms with van der Waals surface area (Å²) < 4.78 is 39.7. The van der Waals surface area contributed by atoms with Crippen molar-refractivity contribution < 1.29 is 52.2 Å². The molecule has 12 heteroatoms. The lowest BCUT2D eigenvalue weighted by atomic mass is 10.0. The molecule has 0 aliphatic carbocycles. The Morgan fingerprint density at radius 2 is 0.667 bits per heavy atom. The van der Waals surface area contributed by atoms with E-state index in [1.54, 1.807) is 0 Å². The van der Waals surface area contributed by atoms with Gasteiger partial charge in [-0.25, -0.2) is 4.57 Å². The minimum Gasteiger partial charge on any atom is -0.462 e. The molecule has 0 amide bonds. The standard InChI is InChI=1S/C66H117O11P/c1-4-7-10-13-16-19-22-25-28-30-31-33-36-39-42-45-48-51-54-57-66(70)77-63(59-73-64(68)55-52-49-46-43-40-37-35-32-29-26-23-20-17-14-11-8-5-2)61-75-78(71,72)74-60-62(58-67)76-65(69)56-53-50-47-44-41-38-34-27-24-21-18-15-12-9-6-3/h8,11,16-17,19-20,25-26,28-29,31,33,62-63,67H,4-7,9-10,12-15,18,21-24,27,30,32,34-61H2,1-3H3,(H,71,72)/b11-8-,19-16-,20-17-,28-25-,29-26-,33-31-. The van der Waals surface area contributed by atoms with Crippen LogP contribution in [0, 0.1) is 0 Å². The van der Waals surface area contributed by atoms with Crippen LogP contribution in [0.2, 0.25) is 0 Å². The maximum absolute atomic E-state index is 13.0. The molecule has 0 heterocycles. The number of esters is 3. The molecule has 0 rings (SSSR count). The van der Waals surface area contributed by atoms with Crippen LogP contribution >= 0.6 is 7.82 Å². The molecule has 0 fully saturated rings. The van der Waals surface area contributed by atoms with Crippen molar-refractivity contribution in [3.8, 4) is 0 Å². The minimum absolute atomic E-state index is 0.150. The molecular formula is C66H117O11P. The van der Waals surface area contributed by atoms with Crippen molar-refractivity contribution in [2.24, 2.45) is 0 Å². The Kier molecular flexibility index (Phi) is 57.7. The summed E-state index contributed by atoms with van der Waals surface area (Å²) in [4.78, 5) is 48.7. The third-order valence-electron chi connectivity index (χ3n) is 13.6. The first kappa shape index (κ1) is 74.9. The zero-order valence-corrected chi connectivity index (χ0v) is 51.0. The van der Waals surface area contributed by atoms with Crippen LogP contribution in [0.15, 0.2) is 72.9 Å². The molecule has 0 radical (unpaired) electrons. The molecule has 0 aromatic rings. The van der Waals surface area contributed by atoms with E-state index in [-0.39, 0.29) is 25.9 Å². The van der Waals surface area contributed by atoms with Crippen molar-refractivity contribution in [3.63, 3.8) is 0 Å². The summed E-state index contributed by atoms with van der Waals surface area (Å²) >= 11 is 0. The fourth-order valence-electron chi connectivity index (χ4n) is 8.79. The molecule has 452 valence electrons. The molecule has 0 bridgehead atoms. The highest BCUT2D eigenvalue weighted by Crippen LogP contribution is 2.43. The number of hydrogen-bond donors (Lipinski definition) is 2. The summed E-state index contributed by atoms with van der Waals surface area (Å²) in [5.41, 5.74) is 0. The molecule has 2 N–H and O–H groups in total. The van der Waals surface area contributed by atoms with E-state index in [1.165, 1.54) is 109 Å². The van der Waals surface area contributed by atoms with Gasteiger partial charge in [0.2, 0.25) is 0 Å². The lowest BCUT2D eigenvalue weighted by Crippen LogP contribution is -2.30. The zero-order valence-electron chi connectivity index (χ0n) is 50.1. The zero-order chi connectivity index (χ0) is 56.9. The number of allylic oxidation sites excluding steroid dienone is 12. The molecule has 0 aromatic carbocycles. The van der Waals surface area contributed by atoms with Crippen LogP contribution in [0.5, 0.6) is 0 Å². The number of aliphatic hydroxyl groups excluding tert-OH is 1. The number of unbranched alkanes of at least 4 members (excludes halogenated alkanes) is 30. The van der Waals surface area contributed by atoms with Crippen molar-refractivity contribution in [3.05, 3.63) is 72.9 Å². The summed E-state index contributed by atoms with van der Waals surface area (Å²) in [5.74, 6) is -1.48. The van der Waals surface area contributed by atoms with E-state index in [9.17, 15) is 28.9 Å². The van der Waals surface area contributed by atoms with Crippen LogP contribution in [0.1, 0.15) is 290 Å². The summed E-state index contributed by atoms with van der Waals surface area (Å²) in [5, 5.41) is 9.85. The second kappa shape index (κ2) is 60.0. The van der Waals surface area contributed by atoms with Gasteiger partial charge in [-0.3, -0.25) is 23.4 Å². The molecule has 78 heavy (non-hydrogen) atoms. The monoisotopic (exact) mass is 1120 g/mol. The molecule has 0 aromatic heterocycles. The maximum atomic E-state index is 13.0. The lowest BCUT2D eigenvalue weighted by Gasteiger charge is -2.21. The van der Waals surface area contributed by atoms with E-state index in [0.717, 1.165) is 122 Å². The van der Waals surface area contributed by atoms with Gasteiger partial charge in [0, 0.05) is 19.3 Å². The first-order valence-corrected chi connectivity index (χ1v) is 33.3. The van der Waals surface area contributed by atoms with E-state index in [2.05, 4.69) is 93.7 Å². The molecule has 0 saturated heterocycles. The Labute approximate surface area is 478 Å². The van der Waals surface area contributed by atoms with Crippen molar-refractivity contribution in [2.45, 2.75) is 303 Å². The van der Waals surface area contributed by atoms with Crippen molar-refractivity contribution in [1.82, 2.24) is 0 Å². The van der Waals surface area contributed by atoms with E-state index in [4.69, 9.17) is 23.3 Å². The van der Waals surface area contributed by atoms with E-state index >= 15 is 0 Å². The van der Waals surface area contributed by atoms with Gasteiger partial charge in [0.05, 0.1) is 19.8 Å². The predicted octanol–water partition coefficient (Wildman–Crippen LogP) is 19.3. The molecule has 0 aliphatic rings. The van der Waals surface area contributed by atoms with Crippen molar-refractivity contribution in [1.29, 1.82) is 0 Å². The first-order chi connectivity index (χ1) is 38.2. The lowest BCUT2D eigenvalue weighted by molar-refractivity contribution is -0.161. The van der Waals surface area contributed by atoms with Crippen LogP contribution in [-0.4, -0.2) is 66.5 Å². The normalized spacial score (nSPS) is 13.8. The number of rotatable bonds is 59. The molecule has 0 spiro atoms. The Morgan fingerprint density at radius 3 is 1.05 bits per heavy atom. The third kappa shape index (κ3) is 57.6. The van der Waals surface area contributed by atoms with Crippen LogP contribution in [-0.2, 0) is 42.2 Å². The smallest absolute Gasteiger partial charge is 0.462 e. The van der Waals surface area contributed by atoms with E-state index in [0.29, 0.717) is 19.3 Å². The highest BCUT2D eigenvalue weighted by atomic mass is 31.2. The van der Waals surface area contributed by atoms with Crippen molar-refractivity contribution in [2.75, 3.05) is 26.4 Å². The van der Waals surface area contributed by atoms with Crippen LogP contribution in [0.3, 0.4) is 0 Å². The Balaban J connectivity index is 4.73. The molecular weight excluding hydrogens is 1000 g/mol. The number of hydrogen-bond acceptors (Lipinski definition) is 10. The SMILES string of the molecule is CC/C=C\C/C=C\C/C=C\CCCCCCCCCC(=O)OCC(COP(=O)(O)OCC(CO)OC(=O)CCCCCCCCCCCCCCCCC)OC(=O)CCCCCCCC/C=C\C/C=C\C/C=C\CCCCC. The van der Waals surface area contributed by atoms with Gasteiger partial charge in [-0.05, 0) is 89.9 Å². The van der Waals surface area contributed by atoms with Crippen LogP contribution < -0.4 is 0 Å². The Hall–Kier alpha value is -3.08. The number of ether oxygens (including phenoxy) is 3. The van der Waals surface area contributed by atoms with Crippen LogP contribution in [0.25, 0.3) is 0 Å². The summed E-state index contributed by atoms with van der Waals surface area (Å²) in [6.07, 6.45) is 68.4. The van der Waals surface area contributed by atoms with Gasteiger partial charge in [-0.2, -0.15) is 0 Å². The van der Waals surface area contributed by atoms with Gasteiger partial charge in [0.15, 0.2) is 6.10 Å². The number of phosphoric ester groups is 1. The van der Waals surface area contributed by atoms with Gasteiger partial charge < -0.3 is 24.2 Å². The molecule has 3 unspecified atom stereocenters.